The minimum absolute atomic E-state index is 0. The number of ether oxygens (including phenoxy) is 1. The molecular formula is C17H22O2. The average molecular weight is 258 g/mol. The molecule has 0 aliphatic carbocycles. The van der Waals surface area contributed by atoms with Gasteiger partial charge in [0.25, 0.3) is 0 Å². The van der Waals surface area contributed by atoms with Gasteiger partial charge in [-0.25, -0.2) is 0 Å². The second-order valence-corrected chi connectivity index (χ2v) is 3.66. The Hall–Kier alpha value is -2.09. The van der Waals surface area contributed by atoms with E-state index in [-0.39, 0.29) is 13.2 Å². The monoisotopic (exact) mass is 258 g/mol. The van der Waals surface area contributed by atoms with E-state index in [1.54, 1.807) is 7.11 Å². The lowest BCUT2D eigenvalue weighted by Gasteiger charge is -1.93. The maximum absolute atomic E-state index is 11.0. The summed E-state index contributed by atoms with van der Waals surface area (Å²) in [6, 6.07) is 19.0. The Morgan fingerprint density at radius 3 is 1.79 bits per heavy atom. The fourth-order valence-electron chi connectivity index (χ4n) is 1.38. The van der Waals surface area contributed by atoms with Gasteiger partial charge in [-0.3, -0.25) is 4.79 Å². The molecule has 0 saturated heterocycles. The molecule has 19 heavy (non-hydrogen) atoms. The molecule has 0 radical (unpaired) electrons. The van der Waals surface area contributed by atoms with Crippen LogP contribution in [0.1, 0.15) is 31.1 Å². The van der Waals surface area contributed by atoms with Gasteiger partial charge >= 0.3 is 0 Å². The maximum atomic E-state index is 11.0. The van der Waals surface area contributed by atoms with Gasteiger partial charge in [0.05, 0.1) is 7.11 Å². The quantitative estimate of drug-likeness (QED) is 0.751. The third-order valence-electron chi connectivity index (χ3n) is 2.40. The smallest absolute Gasteiger partial charge is 0.162 e. The molecule has 102 valence electrons. The average Bonchev–Trinajstić information content (AvgIpc) is 2.49. The number of hydrogen-bond donors (Lipinski definition) is 0. The number of hydrogen-bond acceptors (Lipinski definition) is 2. The Bertz CT molecular complexity index is 449. The molecule has 0 atom stereocenters. The number of rotatable bonds is 3. The molecule has 2 heteroatoms. The van der Waals surface area contributed by atoms with Crippen molar-refractivity contribution in [1.82, 2.24) is 0 Å². The fraction of sp³-hybridized carbons (Fsp3) is 0.235. The zero-order valence-electron chi connectivity index (χ0n) is 10.8. The molecule has 0 aliphatic rings. The summed E-state index contributed by atoms with van der Waals surface area (Å²) in [5.74, 6) is 1.12. The van der Waals surface area contributed by atoms with Gasteiger partial charge in [-0.15, -0.1) is 0 Å². The summed E-state index contributed by atoms with van der Waals surface area (Å²) < 4.78 is 4.91. The number of para-hydroxylation sites is 1. The van der Waals surface area contributed by atoms with Crippen molar-refractivity contribution in [3.8, 4) is 5.75 Å². The van der Waals surface area contributed by atoms with Crippen LogP contribution < -0.4 is 4.74 Å². The molecule has 0 spiro atoms. The highest BCUT2D eigenvalue weighted by molar-refractivity contribution is 5.95. The molecular weight excluding hydrogens is 236 g/mol. The minimum Gasteiger partial charge on any atom is -0.497 e. The first-order chi connectivity index (χ1) is 8.77. The molecule has 0 aliphatic heterocycles. The van der Waals surface area contributed by atoms with E-state index in [1.165, 1.54) is 0 Å². The summed E-state index contributed by atoms with van der Waals surface area (Å²) >= 11 is 0. The standard InChI is InChI=1S/C9H10O.C7H8O.CH4/c1-2-9(10)8-6-4-3-5-7-8;1-8-7-5-3-2-4-6-7;/h3-7H,2H2,1H3;2-6H,1H3;1H4. The molecule has 0 amide bonds. The molecule has 0 N–H and O–H groups in total. The van der Waals surface area contributed by atoms with E-state index in [9.17, 15) is 4.79 Å². The van der Waals surface area contributed by atoms with Gasteiger partial charge in [0.15, 0.2) is 5.78 Å². The van der Waals surface area contributed by atoms with E-state index in [1.807, 2.05) is 67.6 Å². The van der Waals surface area contributed by atoms with E-state index in [0.717, 1.165) is 11.3 Å². The highest BCUT2D eigenvalue weighted by atomic mass is 16.5. The van der Waals surface area contributed by atoms with E-state index in [0.29, 0.717) is 6.42 Å². The van der Waals surface area contributed by atoms with Crippen LogP contribution >= 0.6 is 0 Å². The lowest BCUT2D eigenvalue weighted by atomic mass is 10.1. The molecule has 0 saturated carbocycles. The van der Waals surface area contributed by atoms with Crippen LogP contribution in [0.15, 0.2) is 60.7 Å². The molecule has 2 rings (SSSR count). The van der Waals surface area contributed by atoms with Crippen LogP contribution in [0, 0.1) is 0 Å². The van der Waals surface area contributed by atoms with Gasteiger partial charge in [0.1, 0.15) is 5.75 Å². The van der Waals surface area contributed by atoms with Crippen LogP contribution in [0.3, 0.4) is 0 Å². The number of carbonyl (C=O) groups is 1. The number of carbonyl (C=O) groups excluding carboxylic acids is 1. The molecule has 0 unspecified atom stereocenters. The van der Waals surface area contributed by atoms with E-state index < -0.39 is 0 Å². The van der Waals surface area contributed by atoms with Crippen LogP contribution in [-0.2, 0) is 0 Å². The zero-order valence-corrected chi connectivity index (χ0v) is 10.8. The summed E-state index contributed by atoms with van der Waals surface area (Å²) in [5, 5.41) is 0. The van der Waals surface area contributed by atoms with Crippen molar-refractivity contribution >= 4 is 5.78 Å². The van der Waals surface area contributed by atoms with Crippen LogP contribution in [0.2, 0.25) is 0 Å². The first kappa shape index (κ1) is 16.9. The molecule has 0 aromatic heterocycles. The zero-order chi connectivity index (χ0) is 13.2. The summed E-state index contributed by atoms with van der Waals surface area (Å²) in [6.07, 6.45) is 0.587. The van der Waals surface area contributed by atoms with Gasteiger partial charge in [-0.05, 0) is 12.1 Å². The highest BCUT2D eigenvalue weighted by Crippen LogP contribution is 2.05. The Balaban J connectivity index is 0.000000331. The molecule has 0 heterocycles. The Kier molecular flexibility index (Phi) is 8.80. The molecule has 2 nitrogen and oxygen atoms in total. The van der Waals surface area contributed by atoms with Crippen molar-refractivity contribution in [2.24, 2.45) is 0 Å². The first-order valence-electron chi connectivity index (χ1n) is 5.95. The fourth-order valence-corrected chi connectivity index (χ4v) is 1.38. The molecule has 2 aromatic carbocycles. The number of benzene rings is 2. The Labute approximate surface area is 116 Å². The Morgan fingerprint density at radius 1 is 0.947 bits per heavy atom. The van der Waals surface area contributed by atoms with Crippen molar-refractivity contribution in [3.05, 3.63) is 66.2 Å². The lowest BCUT2D eigenvalue weighted by molar-refractivity contribution is 0.0988. The van der Waals surface area contributed by atoms with E-state index >= 15 is 0 Å². The second kappa shape index (κ2) is 9.89. The largest absolute Gasteiger partial charge is 0.497 e. The predicted octanol–water partition coefficient (Wildman–Crippen LogP) is 4.61. The summed E-state index contributed by atoms with van der Waals surface area (Å²) in [6.45, 7) is 1.87. The van der Waals surface area contributed by atoms with E-state index in [2.05, 4.69) is 0 Å². The summed E-state index contributed by atoms with van der Waals surface area (Å²) in [7, 11) is 1.66. The summed E-state index contributed by atoms with van der Waals surface area (Å²) in [5.41, 5.74) is 0.810. The third-order valence-corrected chi connectivity index (χ3v) is 2.40. The van der Waals surface area contributed by atoms with Gasteiger partial charge < -0.3 is 4.74 Å². The third kappa shape index (κ3) is 6.41. The predicted molar refractivity (Wildman–Crippen MR) is 80.8 cm³/mol. The van der Waals surface area contributed by atoms with E-state index in [4.69, 9.17) is 4.74 Å². The number of ketones is 1. The van der Waals surface area contributed by atoms with Crippen LogP contribution in [0.25, 0.3) is 0 Å². The van der Waals surface area contributed by atoms with Crippen molar-refractivity contribution in [1.29, 1.82) is 0 Å². The minimum atomic E-state index is 0. The van der Waals surface area contributed by atoms with Crippen molar-refractivity contribution in [3.63, 3.8) is 0 Å². The Morgan fingerprint density at radius 2 is 1.42 bits per heavy atom. The topological polar surface area (TPSA) is 26.3 Å². The summed E-state index contributed by atoms with van der Waals surface area (Å²) in [4.78, 5) is 11.0. The number of Topliss-reactive ketones (excluding diaryl/α,β-unsaturated/α-hetero) is 1. The van der Waals surface area contributed by atoms with Crippen molar-refractivity contribution < 1.29 is 9.53 Å². The van der Waals surface area contributed by atoms with Crippen LogP contribution in [0.4, 0.5) is 0 Å². The van der Waals surface area contributed by atoms with Gasteiger partial charge in [-0.2, -0.15) is 0 Å². The SMILES string of the molecule is C.CCC(=O)c1ccccc1.COc1ccccc1. The molecule has 0 fully saturated rings. The second-order valence-electron chi connectivity index (χ2n) is 3.66. The highest BCUT2D eigenvalue weighted by Gasteiger charge is 1.98. The lowest BCUT2D eigenvalue weighted by Crippen LogP contribution is -1.94. The van der Waals surface area contributed by atoms with Crippen molar-refractivity contribution in [2.75, 3.05) is 7.11 Å². The molecule has 2 aromatic rings. The van der Waals surface area contributed by atoms with Crippen molar-refractivity contribution in [2.45, 2.75) is 20.8 Å². The normalized spacial score (nSPS) is 8.53. The van der Waals surface area contributed by atoms with Gasteiger partial charge in [0, 0.05) is 12.0 Å². The maximum Gasteiger partial charge on any atom is 0.162 e. The van der Waals surface area contributed by atoms with Crippen LogP contribution in [-0.4, -0.2) is 12.9 Å². The number of methoxy groups -OCH3 is 1. The van der Waals surface area contributed by atoms with Crippen LogP contribution in [0.5, 0.6) is 5.75 Å². The van der Waals surface area contributed by atoms with Gasteiger partial charge in [0.2, 0.25) is 0 Å². The van der Waals surface area contributed by atoms with Gasteiger partial charge in [-0.1, -0.05) is 62.9 Å². The molecule has 0 bridgehead atoms. The first-order valence-corrected chi connectivity index (χ1v) is 5.95.